The van der Waals surface area contributed by atoms with Crippen molar-refractivity contribution in [2.24, 2.45) is 4.99 Å². The van der Waals surface area contributed by atoms with Crippen molar-refractivity contribution in [3.05, 3.63) is 47.2 Å². The molecule has 0 radical (unpaired) electrons. The van der Waals surface area contributed by atoms with Crippen LogP contribution in [0.1, 0.15) is 50.0 Å². The molecule has 1 aromatic rings. The molecule has 1 aromatic carbocycles. The van der Waals surface area contributed by atoms with E-state index in [1.165, 1.54) is 24.8 Å². The first-order valence-corrected chi connectivity index (χ1v) is 8.42. The van der Waals surface area contributed by atoms with Gasteiger partial charge in [0.2, 0.25) is 0 Å². The lowest BCUT2D eigenvalue weighted by atomic mass is 9.81. The van der Waals surface area contributed by atoms with Crippen molar-refractivity contribution in [1.29, 1.82) is 0 Å². The van der Waals surface area contributed by atoms with Gasteiger partial charge in [-0.2, -0.15) is 0 Å². The maximum atomic E-state index is 12.6. The van der Waals surface area contributed by atoms with Gasteiger partial charge >= 0.3 is 0 Å². The van der Waals surface area contributed by atoms with E-state index in [0.29, 0.717) is 24.4 Å². The Labute approximate surface area is 131 Å². The Hall–Kier alpha value is -1.90. The highest BCUT2D eigenvalue weighted by molar-refractivity contribution is 6.15. The molecule has 0 saturated heterocycles. The molecule has 2 aliphatic carbocycles. The Morgan fingerprint density at radius 1 is 1.05 bits per heavy atom. The van der Waals surface area contributed by atoms with Crippen LogP contribution in [-0.4, -0.2) is 24.1 Å². The molecule has 1 heterocycles. The lowest BCUT2D eigenvalue weighted by Gasteiger charge is -2.32. The van der Waals surface area contributed by atoms with Gasteiger partial charge in [-0.3, -0.25) is 9.79 Å². The average Bonchev–Trinajstić information content (AvgIpc) is 2.75. The topological polar surface area (TPSA) is 41.5 Å². The molecule has 22 heavy (non-hydrogen) atoms. The number of benzene rings is 1. The fourth-order valence-corrected chi connectivity index (χ4v) is 4.03. The SMILES string of the molecule is O=C1CC(c2ccccc2)CC2=C1C=NC1CCCCC1N2. The summed E-state index contributed by atoms with van der Waals surface area (Å²) in [5.41, 5.74) is 3.23. The third kappa shape index (κ3) is 2.49. The van der Waals surface area contributed by atoms with Crippen LogP contribution in [0.5, 0.6) is 0 Å². The van der Waals surface area contributed by atoms with Crippen LogP contribution in [0.3, 0.4) is 0 Å². The van der Waals surface area contributed by atoms with E-state index in [9.17, 15) is 4.79 Å². The molecule has 3 aliphatic rings. The second-order valence-corrected chi connectivity index (χ2v) is 6.71. The summed E-state index contributed by atoms with van der Waals surface area (Å²) in [5.74, 6) is 0.540. The van der Waals surface area contributed by atoms with Gasteiger partial charge in [-0.05, 0) is 30.7 Å². The van der Waals surface area contributed by atoms with E-state index in [2.05, 4.69) is 29.6 Å². The van der Waals surface area contributed by atoms with Crippen molar-refractivity contribution >= 4 is 12.0 Å². The monoisotopic (exact) mass is 294 g/mol. The molecular formula is C19H22N2O. The van der Waals surface area contributed by atoms with E-state index in [4.69, 9.17) is 4.99 Å². The highest BCUT2D eigenvalue weighted by Gasteiger charge is 2.33. The van der Waals surface area contributed by atoms with E-state index < -0.39 is 0 Å². The maximum absolute atomic E-state index is 12.6. The Balaban J connectivity index is 1.62. The lowest BCUT2D eigenvalue weighted by molar-refractivity contribution is -0.115. The van der Waals surface area contributed by atoms with Gasteiger partial charge in [0.25, 0.3) is 0 Å². The summed E-state index contributed by atoms with van der Waals surface area (Å²) >= 11 is 0. The quantitative estimate of drug-likeness (QED) is 0.862. The molecule has 3 nitrogen and oxygen atoms in total. The number of hydrogen-bond donors (Lipinski definition) is 1. The molecule has 0 aromatic heterocycles. The molecule has 0 amide bonds. The molecule has 3 heteroatoms. The van der Waals surface area contributed by atoms with Crippen LogP contribution in [-0.2, 0) is 4.79 Å². The van der Waals surface area contributed by atoms with E-state index in [1.54, 1.807) is 0 Å². The first-order chi connectivity index (χ1) is 10.8. The minimum atomic E-state index is 0.241. The van der Waals surface area contributed by atoms with Crippen molar-refractivity contribution in [2.75, 3.05) is 0 Å². The van der Waals surface area contributed by atoms with E-state index in [0.717, 1.165) is 24.1 Å². The Morgan fingerprint density at radius 3 is 2.73 bits per heavy atom. The molecule has 3 atom stereocenters. The number of ketones is 1. The summed E-state index contributed by atoms with van der Waals surface area (Å²) in [6.45, 7) is 0. The molecule has 1 fully saturated rings. The fraction of sp³-hybridized carbons (Fsp3) is 0.474. The summed E-state index contributed by atoms with van der Waals surface area (Å²) in [7, 11) is 0. The van der Waals surface area contributed by atoms with Crippen molar-refractivity contribution in [1.82, 2.24) is 5.32 Å². The van der Waals surface area contributed by atoms with Gasteiger partial charge in [0.1, 0.15) is 0 Å². The summed E-state index contributed by atoms with van der Waals surface area (Å²) in [4.78, 5) is 17.3. The first-order valence-electron chi connectivity index (χ1n) is 8.42. The summed E-state index contributed by atoms with van der Waals surface area (Å²) in [5, 5.41) is 3.68. The van der Waals surface area contributed by atoms with Gasteiger partial charge in [0, 0.05) is 24.4 Å². The molecular weight excluding hydrogens is 272 g/mol. The van der Waals surface area contributed by atoms with Crippen LogP contribution in [0.2, 0.25) is 0 Å². The van der Waals surface area contributed by atoms with Crippen LogP contribution < -0.4 is 5.32 Å². The predicted octanol–water partition coefficient (Wildman–Crippen LogP) is 3.37. The molecule has 1 saturated carbocycles. The standard InChI is InChI=1S/C19H22N2O/c22-19-11-14(13-6-2-1-3-7-13)10-18-15(19)12-20-16-8-4-5-9-17(16)21-18/h1-3,6-7,12,14,16-17,21H,4-5,8-11H2. The largest absolute Gasteiger partial charge is 0.383 e. The smallest absolute Gasteiger partial charge is 0.166 e. The normalized spacial score (nSPS) is 31.1. The van der Waals surface area contributed by atoms with Crippen molar-refractivity contribution in [2.45, 2.75) is 56.5 Å². The van der Waals surface area contributed by atoms with Gasteiger partial charge in [0.15, 0.2) is 5.78 Å². The molecule has 1 N–H and O–H groups in total. The number of carbonyl (C=O) groups is 1. The van der Waals surface area contributed by atoms with Gasteiger partial charge in [-0.25, -0.2) is 0 Å². The number of allylic oxidation sites excluding steroid dienone is 2. The first kappa shape index (κ1) is 13.7. The second-order valence-electron chi connectivity index (χ2n) is 6.71. The molecule has 1 aliphatic heterocycles. The maximum Gasteiger partial charge on any atom is 0.166 e. The van der Waals surface area contributed by atoms with Crippen LogP contribution in [0.25, 0.3) is 0 Å². The highest BCUT2D eigenvalue weighted by atomic mass is 16.1. The third-order valence-electron chi connectivity index (χ3n) is 5.26. The summed E-state index contributed by atoms with van der Waals surface area (Å²) in [6.07, 6.45) is 8.23. The van der Waals surface area contributed by atoms with Gasteiger partial charge < -0.3 is 5.32 Å². The Kier molecular flexibility index (Phi) is 3.57. The van der Waals surface area contributed by atoms with Crippen molar-refractivity contribution < 1.29 is 4.79 Å². The number of fused-ring (bicyclic) bond motifs is 1. The van der Waals surface area contributed by atoms with Gasteiger partial charge in [0.05, 0.1) is 11.6 Å². The summed E-state index contributed by atoms with van der Waals surface area (Å²) in [6, 6.07) is 11.2. The number of aliphatic imine (C=N–C) groups is 1. The highest BCUT2D eigenvalue weighted by Crippen LogP contribution is 2.35. The van der Waals surface area contributed by atoms with Crippen molar-refractivity contribution in [3.63, 3.8) is 0 Å². The van der Waals surface area contributed by atoms with Crippen molar-refractivity contribution in [3.8, 4) is 0 Å². The number of nitrogens with zero attached hydrogens (tertiary/aromatic N) is 1. The fourth-order valence-electron chi connectivity index (χ4n) is 4.03. The third-order valence-corrected chi connectivity index (χ3v) is 5.26. The molecule has 0 bridgehead atoms. The zero-order chi connectivity index (χ0) is 14.9. The Morgan fingerprint density at radius 2 is 1.86 bits per heavy atom. The molecule has 0 spiro atoms. The number of Topliss-reactive ketones (excluding diaryl/α,β-unsaturated/α-hetero) is 1. The number of nitrogens with one attached hydrogen (secondary N) is 1. The van der Waals surface area contributed by atoms with Crippen LogP contribution in [0.15, 0.2) is 46.6 Å². The molecule has 4 rings (SSSR count). The van der Waals surface area contributed by atoms with Crippen LogP contribution >= 0.6 is 0 Å². The van der Waals surface area contributed by atoms with Gasteiger partial charge in [-0.15, -0.1) is 0 Å². The average molecular weight is 294 g/mol. The molecule has 114 valence electrons. The van der Waals surface area contributed by atoms with E-state index >= 15 is 0 Å². The number of carbonyl (C=O) groups excluding carboxylic acids is 1. The lowest BCUT2D eigenvalue weighted by Crippen LogP contribution is -2.41. The van der Waals surface area contributed by atoms with Gasteiger partial charge in [-0.1, -0.05) is 43.2 Å². The second kappa shape index (κ2) is 5.71. The number of rotatable bonds is 1. The molecule has 3 unspecified atom stereocenters. The summed E-state index contributed by atoms with van der Waals surface area (Å²) < 4.78 is 0. The van der Waals surface area contributed by atoms with Crippen LogP contribution in [0.4, 0.5) is 0 Å². The number of hydrogen-bond acceptors (Lipinski definition) is 3. The zero-order valence-electron chi connectivity index (χ0n) is 12.8. The minimum Gasteiger partial charge on any atom is -0.383 e. The Bertz CT molecular complexity index is 632. The predicted molar refractivity (Wildman–Crippen MR) is 88.1 cm³/mol. The van der Waals surface area contributed by atoms with E-state index in [-0.39, 0.29) is 5.78 Å². The zero-order valence-corrected chi connectivity index (χ0v) is 12.8. The van der Waals surface area contributed by atoms with E-state index in [1.807, 2.05) is 12.3 Å². The minimum absolute atomic E-state index is 0.241. The van der Waals surface area contributed by atoms with Crippen LogP contribution in [0, 0.1) is 0 Å².